The van der Waals surface area contributed by atoms with Crippen LogP contribution in [0.5, 0.6) is 0 Å². The highest BCUT2D eigenvalue weighted by molar-refractivity contribution is 4.86. The van der Waals surface area contributed by atoms with Gasteiger partial charge in [0.05, 0.1) is 11.7 Å². The van der Waals surface area contributed by atoms with Gasteiger partial charge in [0.2, 0.25) is 0 Å². The van der Waals surface area contributed by atoms with E-state index in [-0.39, 0.29) is 11.4 Å². The van der Waals surface area contributed by atoms with Crippen LogP contribution >= 0.6 is 0 Å². The Kier molecular flexibility index (Phi) is 3.59. The molecule has 0 aromatic rings. The van der Waals surface area contributed by atoms with Gasteiger partial charge in [0, 0.05) is 6.42 Å². The van der Waals surface area contributed by atoms with Crippen LogP contribution in [0.2, 0.25) is 0 Å². The summed E-state index contributed by atoms with van der Waals surface area (Å²) in [7, 11) is 0. The summed E-state index contributed by atoms with van der Waals surface area (Å²) in [6.07, 6.45) is 4.24. The first-order valence-electron chi connectivity index (χ1n) is 5.87. The van der Waals surface area contributed by atoms with Crippen LogP contribution in [0.3, 0.4) is 0 Å². The standard InChI is InChI=1S/C12H24O2/c1-6-11(5)9-10(4)13-12(7-2,8-3)14-11/h10H,6-9H2,1-5H3. The minimum atomic E-state index is -0.331. The summed E-state index contributed by atoms with van der Waals surface area (Å²) in [6.45, 7) is 10.8. The Hall–Kier alpha value is -0.0800. The van der Waals surface area contributed by atoms with Gasteiger partial charge in [-0.3, -0.25) is 0 Å². The molecular formula is C12H24O2. The molecule has 0 N–H and O–H groups in total. The van der Waals surface area contributed by atoms with Crippen LogP contribution in [-0.2, 0) is 9.47 Å². The normalized spacial score (nSPS) is 37.1. The number of hydrogen-bond acceptors (Lipinski definition) is 2. The van der Waals surface area contributed by atoms with Crippen molar-refractivity contribution < 1.29 is 9.47 Å². The Morgan fingerprint density at radius 1 is 1.14 bits per heavy atom. The fourth-order valence-electron chi connectivity index (χ4n) is 2.31. The van der Waals surface area contributed by atoms with Crippen LogP contribution < -0.4 is 0 Å². The third-order valence-electron chi connectivity index (χ3n) is 3.39. The van der Waals surface area contributed by atoms with Crippen LogP contribution in [0.15, 0.2) is 0 Å². The van der Waals surface area contributed by atoms with E-state index >= 15 is 0 Å². The molecule has 2 unspecified atom stereocenters. The minimum Gasteiger partial charge on any atom is -0.347 e. The van der Waals surface area contributed by atoms with Gasteiger partial charge < -0.3 is 9.47 Å². The van der Waals surface area contributed by atoms with Gasteiger partial charge in [-0.2, -0.15) is 0 Å². The monoisotopic (exact) mass is 200 g/mol. The largest absolute Gasteiger partial charge is 0.347 e. The Balaban J connectivity index is 2.80. The molecule has 1 heterocycles. The molecule has 0 aromatic heterocycles. The van der Waals surface area contributed by atoms with Gasteiger partial charge in [-0.15, -0.1) is 0 Å². The molecule has 14 heavy (non-hydrogen) atoms. The maximum absolute atomic E-state index is 6.16. The van der Waals surface area contributed by atoms with Gasteiger partial charge in [0.15, 0.2) is 5.79 Å². The smallest absolute Gasteiger partial charge is 0.168 e. The van der Waals surface area contributed by atoms with Crippen molar-refractivity contribution in [3.8, 4) is 0 Å². The average molecular weight is 200 g/mol. The Labute approximate surface area is 88.0 Å². The van der Waals surface area contributed by atoms with E-state index in [0.29, 0.717) is 6.10 Å². The minimum absolute atomic E-state index is 0.00366. The Bertz CT molecular complexity index is 187. The third kappa shape index (κ3) is 2.29. The van der Waals surface area contributed by atoms with Crippen molar-refractivity contribution >= 4 is 0 Å². The van der Waals surface area contributed by atoms with Gasteiger partial charge in [-0.25, -0.2) is 0 Å². The van der Waals surface area contributed by atoms with Gasteiger partial charge >= 0.3 is 0 Å². The molecule has 0 bridgehead atoms. The second-order valence-electron chi connectivity index (χ2n) is 4.66. The van der Waals surface area contributed by atoms with E-state index in [2.05, 4.69) is 34.6 Å². The molecule has 0 aromatic carbocycles. The number of ether oxygens (including phenoxy) is 2. The molecular weight excluding hydrogens is 176 g/mol. The molecule has 0 spiro atoms. The number of rotatable bonds is 3. The van der Waals surface area contributed by atoms with Crippen molar-refractivity contribution in [2.75, 3.05) is 0 Å². The van der Waals surface area contributed by atoms with Crippen LogP contribution in [0.4, 0.5) is 0 Å². The van der Waals surface area contributed by atoms with Crippen LogP contribution in [0.1, 0.15) is 60.3 Å². The average Bonchev–Trinajstić information content (AvgIpc) is 2.16. The van der Waals surface area contributed by atoms with E-state index in [9.17, 15) is 0 Å². The van der Waals surface area contributed by atoms with Crippen LogP contribution in [-0.4, -0.2) is 17.5 Å². The molecule has 84 valence electrons. The Morgan fingerprint density at radius 3 is 2.14 bits per heavy atom. The molecule has 1 aliphatic rings. The predicted octanol–water partition coefficient (Wildman–Crippen LogP) is 3.50. The van der Waals surface area contributed by atoms with Gasteiger partial charge in [0.25, 0.3) is 0 Å². The van der Waals surface area contributed by atoms with Crippen molar-refractivity contribution in [1.29, 1.82) is 0 Å². The topological polar surface area (TPSA) is 18.5 Å². The molecule has 1 aliphatic heterocycles. The lowest BCUT2D eigenvalue weighted by molar-refractivity contribution is -0.346. The highest BCUT2D eigenvalue weighted by Gasteiger charge is 2.43. The quantitative estimate of drug-likeness (QED) is 0.694. The zero-order valence-electron chi connectivity index (χ0n) is 10.2. The summed E-state index contributed by atoms with van der Waals surface area (Å²) in [4.78, 5) is 0. The summed E-state index contributed by atoms with van der Waals surface area (Å²) in [5, 5.41) is 0. The van der Waals surface area contributed by atoms with Crippen molar-refractivity contribution in [1.82, 2.24) is 0 Å². The maximum Gasteiger partial charge on any atom is 0.168 e. The van der Waals surface area contributed by atoms with Crippen molar-refractivity contribution in [2.45, 2.75) is 77.8 Å². The SMILES string of the molecule is CCC1(C)CC(C)OC(CC)(CC)O1. The highest BCUT2D eigenvalue weighted by atomic mass is 16.7. The Morgan fingerprint density at radius 2 is 1.71 bits per heavy atom. The predicted molar refractivity (Wildman–Crippen MR) is 58.3 cm³/mol. The summed E-state index contributed by atoms with van der Waals surface area (Å²) in [5.74, 6) is -0.331. The van der Waals surface area contributed by atoms with Crippen molar-refractivity contribution in [2.24, 2.45) is 0 Å². The first-order chi connectivity index (χ1) is 6.49. The van der Waals surface area contributed by atoms with E-state index in [1.807, 2.05) is 0 Å². The van der Waals surface area contributed by atoms with E-state index in [0.717, 1.165) is 25.7 Å². The molecule has 2 atom stereocenters. The van der Waals surface area contributed by atoms with Gasteiger partial charge in [0.1, 0.15) is 0 Å². The zero-order chi connectivity index (χ0) is 10.8. The van der Waals surface area contributed by atoms with E-state index < -0.39 is 0 Å². The molecule has 1 fully saturated rings. The summed E-state index contributed by atoms with van der Waals surface area (Å²) in [5.41, 5.74) is 0.00366. The second kappa shape index (κ2) is 4.19. The molecule has 0 saturated carbocycles. The first-order valence-corrected chi connectivity index (χ1v) is 5.87. The fraction of sp³-hybridized carbons (Fsp3) is 1.00. The summed E-state index contributed by atoms with van der Waals surface area (Å²) >= 11 is 0. The molecule has 1 saturated heterocycles. The lowest BCUT2D eigenvalue weighted by atomic mass is 9.92. The van der Waals surface area contributed by atoms with E-state index in [1.165, 1.54) is 0 Å². The summed E-state index contributed by atoms with van der Waals surface area (Å²) in [6, 6.07) is 0. The van der Waals surface area contributed by atoms with Gasteiger partial charge in [-0.1, -0.05) is 20.8 Å². The third-order valence-corrected chi connectivity index (χ3v) is 3.39. The first kappa shape index (κ1) is 12.0. The fourth-order valence-corrected chi connectivity index (χ4v) is 2.31. The van der Waals surface area contributed by atoms with Crippen molar-refractivity contribution in [3.05, 3.63) is 0 Å². The highest BCUT2D eigenvalue weighted by Crippen LogP contribution is 2.39. The molecule has 2 nitrogen and oxygen atoms in total. The molecule has 0 aliphatic carbocycles. The number of hydrogen-bond donors (Lipinski definition) is 0. The lowest BCUT2D eigenvalue weighted by Crippen LogP contribution is -2.52. The molecule has 2 heteroatoms. The van der Waals surface area contributed by atoms with E-state index in [4.69, 9.17) is 9.47 Å². The zero-order valence-corrected chi connectivity index (χ0v) is 10.2. The lowest BCUT2D eigenvalue weighted by Gasteiger charge is -2.48. The molecule has 0 radical (unpaired) electrons. The van der Waals surface area contributed by atoms with Crippen LogP contribution in [0, 0.1) is 0 Å². The summed E-state index contributed by atoms with van der Waals surface area (Å²) < 4.78 is 12.1. The van der Waals surface area contributed by atoms with Crippen LogP contribution in [0.25, 0.3) is 0 Å². The molecule has 1 rings (SSSR count). The van der Waals surface area contributed by atoms with E-state index in [1.54, 1.807) is 0 Å². The van der Waals surface area contributed by atoms with Crippen molar-refractivity contribution in [3.63, 3.8) is 0 Å². The molecule has 0 amide bonds. The second-order valence-corrected chi connectivity index (χ2v) is 4.66. The van der Waals surface area contributed by atoms with Gasteiger partial charge in [-0.05, 0) is 33.1 Å². The maximum atomic E-state index is 6.16.